The molecule has 0 aliphatic heterocycles. The van der Waals surface area contributed by atoms with Crippen LogP contribution in [0.5, 0.6) is 0 Å². The Morgan fingerprint density at radius 2 is 2.45 bits per heavy atom. The van der Waals surface area contributed by atoms with E-state index in [1.54, 1.807) is 0 Å². The summed E-state index contributed by atoms with van der Waals surface area (Å²) < 4.78 is 0. The van der Waals surface area contributed by atoms with Gasteiger partial charge < -0.3 is 4.98 Å². The van der Waals surface area contributed by atoms with E-state index in [1.165, 1.54) is 12.3 Å². The van der Waals surface area contributed by atoms with Gasteiger partial charge in [0.2, 0.25) is 0 Å². The third kappa shape index (κ3) is 1.82. The molecule has 0 unspecified atom stereocenters. The smallest absolute Gasteiger partial charge is 0.200 e. The van der Waals surface area contributed by atoms with E-state index in [4.69, 9.17) is 16.9 Å². The topological polar surface area (TPSA) is 56.6 Å². The fourth-order valence-corrected chi connectivity index (χ4v) is 0.792. The standard InChI is InChI=1S/C7H5ClN2O/c8-6-4-10-5(1-2-9)3-7(6)11/h3-4H,1H2,(H,10,11). The van der Waals surface area contributed by atoms with Crippen LogP contribution in [-0.2, 0) is 6.42 Å². The van der Waals surface area contributed by atoms with Gasteiger partial charge in [0, 0.05) is 18.0 Å². The summed E-state index contributed by atoms with van der Waals surface area (Å²) in [6.45, 7) is 0. The Morgan fingerprint density at radius 3 is 3.00 bits per heavy atom. The van der Waals surface area contributed by atoms with Crippen LogP contribution < -0.4 is 5.43 Å². The lowest BCUT2D eigenvalue weighted by molar-refractivity contribution is 1.10. The van der Waals surface area contributed by atoms with Crippen LogP contribution in [0.25, 0.3) is 0 Å². The molecule has 0 saturated carbocycles. The van der Waals surface area contributed by atoms with Crippen molar-refractivity contribution in [2.24, 2.45) is 0 Å². The number of rotatable bonds is 1. The van der Waals surface area contributed by atoms with Crippen LogP contribution in [0, 0.1) is 11.3 Å². The number of halogens is 1. The van der Waals surface area contributed by atoms with Crippen LogP contribution in [0.15, 0.2) is 17.1 Å². The van der Waals surface area contributed by atoms with Gasteiger partial charge in [-0.15, -0.1) is 0 Å². The normalized spacial score (nSPS) is 9.09. The highest BCUT2D eigenvalue weighted by atomic mass is 35.5. The summed E-state index contributed by atoms with van der Waals surface area (Å²) in [5.74, 6) is 0. The van der Waals surface area contributed by atoms with Crippen LogP contribution in [0.2, 0.25) is 5.02 Å². The molecule has 1 N–H and O–H groups in total. The van der Waals surface area contributed by atoms with E-state index >= 15 is 0 Å². The molecular weight excluding hydrogens is 164 g/mol. The van der Waals surface area contributed by atoms with E-state index in [1.807, 2.05) is 6.07 Å². The molecule has 3 nitrogen and oxygen atoms in total. The lowest BCUT2D eigenvalue weighted by atomic mass is 10.3. The molecule has 1 aromatic rings. The van der Waals surface area contributed by atoms with E-state index in [2.05, 4.69) is 4.98 Å². The van der Waals surface area contributed by atoms with Crippen molar-refractivity contribution in [1.82, 2.24) is 4.98 Å². The first-order valence-electron chi connectivity index (χ1n) is 2.98. The molecule has 0 amide bonds. The summed E-state index contributed by atoms with van der Waals surface area (Å²) in [5, 5.41) is 8.42. The van der Waals surface area contributed by atoms with Crippen LogP contribution in [0.1, 0.15) is 5.69 Å². The average molecular weight is 169 g/mol. The van der Waals surface area contributed by atoms with Crippen molar-refractivity contribution < 1.29 is 0 Å². The number of hydrogen-bond donors (Lipinski definition) is 1. The van der Waals surface area contributed by atoms with Crippen molar-refractivity contribution in [1.29, 1.82) is 5.26 Å². The first kappa shape index (κ1) is 7.83. The van der Waals surface area contributed by atoms with Crippen LogP contribution in [-0.4, -0.2) is 4.98 Å². The number of nitriles is 1. The van der Waals surface area contributed by atoms with Crippen molar-refractivity contribution in [2.45, 2.75) is 6.42 Å². The zero-order valence-electron chi connectivity index (χ0n) is 5.60. The van der Waals surface area contributed by atoms with Gasteiger partial charge in [-0.1, -0.05) is 11.6 Å². The molecule has 0 spiro atoms. The van der Waals surface area contributed by atoms with Crippen LogP contribution in [0.4, 0.5) is 0 Å². The molecule has 1 heterocycles. The molecule has 0 fully saturated rings. The van der Waals surface area contributed by atoms with Gasteiger partial charge in [-0.3, -0.25) is 4.79 Å². The van der Waals surface area contributed by atoms with Gasteiger partial charge in [-0.05, 0) is 0 Å². The van der Waals surface area contributed by atoms with E-state index in [9.17, 15) is 4.79 Å². The molecule has 0 aliphatic carbocycles. The summed E-state index contributed by atoms with van der Waals surface area (Å²) in [6, 6.07) is 3.24. The molecule has 4 heteroatoms. The molecule has 11 heavy (non-hydrogen) atoms. The maximum atomic E-state index is 10.9. The summed E-state index contributed by atoms with van der Waals surface area (Å²) in [7, 11) is 0. The second-order valence-electron chi connectivity index (χ2n) is 2.01. The Balaban J connectivity index is 3.08. The van der Waals surface area contributed by atoms with Gasteiger partial charge in [0.05, 0.1) is 12.5 Å². The largest absolute Gasteiger partial charge is 0.363 e. The van der Waals surface area contributed by atoms with Crippen molar-refractivity contribution in [3.8, 4) is 6.07 Å². The maximum absolute atomic E-state index is 10.9. The summed E-state index contributed by atoms with van der Waals surface area (Å²) in [6.07, 6.45) is 1.59. The lowest BCUT2D eigenvalue weighted by Gasteiger charge is -1.92. The molecule has 0 bridgehead atoms. The van der Waals surface area contributed by atoms with Gasteiger partial charge in [-0.2, -0.15) is 5.26 Å². The molecule has 56 valence electrons. The molecule has 0 aliphatic rings. The Bertz CT molecular complexity index is 350. The Hall–Kier alpha value is -1.27. The van der Waals surface area contributed by atoms with Crippen molar-refractivity contribution in [2.75, 3.05) is 0 Å². The molecule has 1 aromatic heterocycles. The van der Waals surface area contributed by atoms with E-state index in [0.29, 0.717) is 5.69 Å². The minimum Gasteiger partial charge on any atom is -0.363 e. The SMILES string of the molecule is N#CCc1cc(=O)c(Cl)c[nH]1. The molecular formula is C7H5ClN2O. The lowest BCUT2D eigenvalue weighted by Crippen LogP contribution is -2.03. The van der Waals surface area contributed by atoms with Gasteiger partial charge in [0.15, 0.2) is 5.43 Å². The van der Waals surface area contributed by atoms with Gasteiger partial charge in [0.1, 0.15) is 5.02 Å². The predicted octanol–water partition coefficient (Wildman–Crippen LogP) is 1.09. The summed E-state index contributed by atoms with van der Waals surface area (Å²) in [4.78, 5) is 13.6. The number of nitrogens with one attached hydrogen (secondary N) is 1. The molecule has 0 aromatic carbocycles. The highest BCUT2D eigenvalue weighted by Gasteiger charge is 1.96. The first-order valence-corrected chi connectivity index (χ1v) is 3.36. The minimum absolute atomic E-state index is 0.145. The third-order valence-corrected chi connectivity index (χ3v) is 1.49. The Kier molecular flexibility index (Phi) is 2.29. The first-order chi connectivity index (χ1) is 5.24. The molecule has 0 radical (unpaired) electrons. The summed E-state index contributed by atoms with van der Waals surface area (Å²) >= 11 is 5.45. The number of H-pyrrole nitrogens is 1. The number of hydrogen-bond acceptors (Lipinski definition) is 2. The van der Waals surface area contributed by atoms with E-state index < -0.39 is 0 Å². The molecule has 0 atom stereocenters. The third-order valence-electron chi connectivity index (χ3n) is 1.19. The van der Waals surface area contributed by atoms with E-state index in [0.717, 1.165) is 0 Å². The number of nitrogens with zero attached hydrogens (tertiary/aromatic N) is 1. The monoisotopic (exact) mass is 168 g/mol. The van der Waals surface area contributed by atoms with Gasteiger partial charge in [0.25, 0.3) is 0 Å². The Labute approximate surface area is 68.2 Å². The molecule has 1 rings (SSSR count). The molecule has 0 saturated heterocycles. The fraction of sp³-hybridized carbons (Fsp3) is 0.143. The zero-order chi connectivity index (χ0) is 8.27. The quantitative estimate of drug-likeness (QED) is 0.683. The second-order valence-corrected chi connectivity index (χ2v) is 2.41. The highest BCUT2D eigenvalue weighted by Crippen LogP contribution is 1.99. The zero-order valence-corrected chi connectivity index (χ0v) is 6.35. The fourth-order valence-electron chi connectivity index (χ4n) is 0.683. The minimum atomic E-state index is -0.254. The maximum Gasteiger partial charge on any atom is 0.200 e. The van der Waals surface area contributed by atoms with Gasteiger partial charge >= 0.3 is 0 Å². The number of aromatic amines is 1. The van der Waals surface area contributed by atoms with E-state index in [-0.39, 0.29) is 16.9 Å². The van der Waals surface area contributed by atoms with Crippen LogP contribution >= 0.6 is 11.6 Å². The average Bonchev–Trinajstić information content (AvgIpc) is 1.98. The number of pyridine rings is 1. The number of aromatic nitrogens is 1. The Morgan fingerprint density at radius 1 is 1.73 bits per heavy atom. The summed E-state index contributed by atoms with van der Waals surface area (Å²) in [5.41, 5.74) is 0.331. The van der Waals surface area contributed by atoms with Crippen LogP contribution in [0.3, 0.4) is 0 Å². The van der Waals surface area contributed by atoms with Crippen molar-refractivity contribution >= 4 is 11.6 Å². The predicted molar refractivity (Wildman–Crippen MR) is 41.4 cm³/mol. The van der Waals surface area contributed by atoms with Gasteiger partial charge in [-0.25, -0.2) is 0 Å². The highest BCUT2D eigenvalue weighted by molar-refractivity contribution is 6.30. The van der Waals surface area contributed by atoms with Crippen molar-refractivity contribution in [3.63, 3.8) is 0 Å². The van der Waals surface area contributed by atoms with Crippen molar-refractivity contribution in [3.05, 3.63) is 33.2 Å². The second kappa shape index (κ2) is 3.22.